The van der Waals surface area contributed by atoms with Crippen LogP contribution in [0.5, 0.6) is 0 Å². The fourth-order valence-corrected chi connectivity index (χ4v) is 2.10. The molecule has 80 valence electrons. The number of hydrogen-bond acceptors (Lipinski definition) is 2. The van der Waals surface area contributed by atoms with Gasteiger partial charge < -0.3 is 0 Å². The summed E-state index contributed by atoms with van der Waals surface area (Å²) in [5.74, 6) is 5.25. The van der Waals surface area contributed by atoms with Gasteiger partial charge in [-0.05, 0) is 31.2 Å². The van der Waals surface area contributed by atoms with Gasteiger partial charge in [0.1, 0.15) is 0 Å². The molecule has 5 heteroatoms. The highest BCUT2D eigenvalue weighted by atomic mass is 79.9. The van der Waals surface area contributed by atoms with Gasteiger partial charge in [-0.15, -0.1) is 5.92 Å². The zero-order chi connectivity index (χ0) is 11.3. The van der Waals surface area contributed by atoms with Crippen molar-refractivity contribution in [3.05, 3.63) is 28.7 Å². The Morgan fingerprint density at radius 3 is 2.47 bits per heavy atom. The molecular weight excluding hydrogens is 278 g/mol. The third-order valence-corrected chi connectivity index (χ3v) is 3.60. The van der Waals surface area contributed by atoms with Crippen molar-refractivity contribution >= 4 is 26.0 Å². The number of rotatable bonds is 3. The molecule has 0 bridgehead atoms. The minimum Gasteiger partial charge on any atom is -0.207 e. The highest BCUT2D eigenvalue weighted by molar-refractivity contribution is 9.10. The second-order valence-electron chi connectivity index (χ2n) is 2.71. The third-order valence-electron chi connectivity index (χ3n) is 1.65. The van der Waals surface area contributed by atoms with Crippen LogP contribution in [-0.4, -0.2) is 15.0 Å². The normalized spacial score (nSPS) is 10.5. The molecule has 0 radical (unpaired) electrons. The van der Waals surface area contributed by atoms with E-state index in [-0.39, 0.29) is 11.4 Å². The predicted molar refractivity (Wildman–Crippen MR) is 62.8 cm³/mol. The minimum absolute atomic E-state index is 0.134. The van der Waals surface area contributed by atoms with Crippen molar-refractivity contribution in [2.45, 2.75) is 11.8 Å². The Bertz CT molecular complexity index is 482. The van der Waals surface area contributed by atoms with E-state index in [0.717, 1.165) is 4.47 Å². The third kappa shape index (κ3) is 3.67. The van der Waals surface area contributed by atoms with Crippen molar-refractivity contribution in [2.24, 2.45) is 0 Å². The first-order valence-corrected chi connectivity index (χ1v) is 6.49. The lowest BCUT2D eigenvalue weighted by atomic mass is 10.4. The smallest absolute Gasteiger partial charge is 0.207 e. The van der Waals surface area contributed by atoms with Crippen molar-refractivity contribution in [1.82, 2.24) is 4.72 Å². The number of hydrogen-bond donors (Lipinski definition) is 1. The van der Waals surface area contributed by atoms with Gasteiger partial charge in [-0.1, -0.05) is 21.9 Å². The number of halogens is 1. The van der Waals surface area contributed by atoms with Gasteiger partial charge >= 0.3 is 0 Å². The first-order chi connectivity index (χ1) is 7.06. The Hall–Kier alpha value is -0.830. The fourth-order valence-electron chi connectivity index (χ4n) is 0.917. The van der Waals surface area contributed by atoms with Gasteiger partial charge in [-0.2, -0.15) is 4.72 Å². The fraction of sp³-hybridized carbons (Fsp3) is 0.200. The van der Waals surface area contributed by atoms with E-state index < -0.39 is 10.0 Å². The summed E-state index contributed by atoms with van der Waals surface area (Å²) in [6.45, 7) is 1.79. The van der Waals surface area contributed by atoms with Crippen LogP contribution >= 0.6 is 15.9 Å². The molecule has 15 heavy (non-hydrogen) atoms. The molecule has 1 aromatic rings. The standard InChI is InChI=1S/C10H10BrNO2S/c1-2-3-8-12-15(13,14)10-6-4-9(11)5-7-10/h4-7,12H,8H2,1H3. The monoisotopic (exact) mass is 287 g/mol. The molecule has 0 unspecified atom stereocenters. The van der Waals surface area contributed by atoms with Gasteiger partial charge in [0.2, 0.25) is 10.0 Å². The lowest BCUT2D eigenvalue weighted by Gasteiger charge is -2.03. The van der Waals surface area contributed by atoms with Crippen LogP contribution in [0.15, 0.2) is 33.6 Å². The van der Waals surface area contributed by atoms with Crippen LogP contribution in [0.3, 0.4) is 0 Å². The lowest BCUT2D eigenvalue weighted by Crippen LogP contribution is -2.23. The molecule has 1 N–H and O–H groups in total. The van der Waals surface area contributed by atoms with E-state index in [2.05, 4.69) is 32.5 Å². The molecule has 3 nitrogen and oxygen atoms in total. The number of sulfonamides is 1. The molecule has 0 spiro atoms. The van der Waals surface area contributed by atoms with Crippen molar-refractivity contribution in [3.63, 3.8) is 0 Å². The molecular formula is C10H10BrNO2S. The Morgan fingerprint density at radius 1 is 1.33 bits per heavy atom. The Kier molecular flexibility index (Phi) is 4.33. The summed E-state index contributed by atoms with van der Waals surface area (Å²) in [5.41, 5.74) is 0. The van der Waals surface area contributed by atoms with Gasteiger partial charge in [0, 0.05) is 4.47 Å². The van der Waals surface area contributed by atoms with Gasteiger partial charge in [-0.3, -0.25) is 0 Å². The van der Waals surface area contributed by atoms with Crippen molar-refractivity contribution < 1.29 is 8.42 Å². The van der Waals surface area contributed by atoms with Crippen LogP contribution in [0, 0.1) is 11.8 Å². The molecule has 0 aliphatic rings. The van der Waals surface area contributed by atoms with E-state index in [0.29, 0.717) is 0 Å². The van der Waals surface area contributed by atoms with Crippen LogP contribution < -0.4 is 4.72 Å². The molecule has 0 heterocycles. The van der Waals surface area contributed by atoms with Gasteiger partial charge in [0.05, 0.1) is 11.4 Å². The van der Waals surface area contributed by atoms with Crippen LogP contribution in [0.2, 0.25) is 0 Å². The SMILES string of the molecule is CC#CCNS(=O)(=O)c1ccc(Br)cc1. The Morgan fingerprint density at radius 2 is 1.93 bits per heavy atom. The van der Waals surface area contributed by atoms with Crippen LogP contribution in [0.25, 0.3) is 0 Å². The largest absolute Gasteiger partial charge is 0.241 e. The van der Waals surface area contributed by atoms with E-state index in [1.165, 1.54) is 12.1 Å². The summed E-state index contributed by atoms with van der Waals surface area (Å²) in [5, 5.41) is 0. The summed E-state index contributed by atoms with van der Waals surface area (Å²) in [6.07, 6.45) is 0. The predicted octanol–water partition coefficient (Wildman–Crippen LogP) is 1.75. The molecule has 1 rings (SSSR count). The highest BCUT2D eigenvalue weighted by Crippen LogP contribution is 2.14. The first-order valence-electron chi connectivity index (χ1n) is 4.21. The van der Waals surface area contributed by atoms with E-state index in [4.69, 9.17) is 0 Å². The Balaban J connectivity index is 2.85. The average Bonchev–Trinajstić information content (AvgIpc) is 2.18. The summed E-state index contributed by atoms with van der Waals surface area (Å²) in [7, 11) is -3.42. The molecule has 0 atom stereocenters. The lowest BCUT2D eigenvalue weighted by molar-refractivity contribution is 0.586. The van der Waals surface area contributed by atoms with Crippen molar-refractivity contribution in [2.75, 3.05) is 6.54 Å². The number of nitrogens with one attached hydrogen (secondary N) is 1. The average molecular weight is 288 g/mol. The van der Waals surface area contributed by atoms with Gasteiger partial charge in [-0.25, -0.2) is 8.42 Å². The molecule has 0 saturated heterocycles. The van der Waals surface area contributed by atoms with Gasteiger partial charge in [0.25, 0.3) is 0 Å². The zero-order valence-corrected chi connectivity index (χ0v) is 10.5. The van der Waals surface area contributed by atoms with E-state index in [9.17, 15) is 8.42 Å². The Labute approximate surface area is 98.1 Å². The summed E-state index contributed by atoms with van der Waals surface area (Å²) in [6, 6.07) is 6.43. The maximum absolute atomic E-state index is 11.6. The molecule has 1 aromatic carbocycles. The molecule has 0 aromatic heterocycles. The maximum atomic E-state index is 11.6. The molecule has 0 aliphatic carbocycles. The van der Waals surface area contributed by atoms with Crippen LogP contribution in [0.4, 0.5) is 0 Å². The van der Waals surface area contributed by atoms with E-state index in [1.807, 2.05) is 0 Å². The zero-order valence-electron chi connectivity index (χ0n) is 8.12. The second-order valence-corrected chi connectivity index (χ2v) is 5.39. The summed E-state index contributed by atoms with van der Waals surface area (Å²) < 4.78 is 26.5. The minimum atomic E-state index is -3.42. The summed E-state index contributed by atoms with van der Waals surface area (Å²) in [4.78, 5) is 0.239. The van der Waals surface area contributed by atoms with E-state index in [1.54, 1.807) is 19.1 Å². The second kappa shape index (κ2) is 5.31. The molecule has 0 saturated carbocycles. The maximum Gasteiger partial charge on any atom is 0.241 e. The van der Waals surface area contributed by atoms with Crippen molar-refractivity contribution in [1.29, 1.82) is 0 Å². The first kappa shape index (κ1) is 12.2. The number of benzene rings is 1. The topological polar surface area (TPSA) is 46.2 Å². The van der Waals surface area contributed by atoms with Crippen molar-refractivity contribution in [3.8, 4) is 11.8 Å². The van der Waals surface area contributed by atoms with Crippen LogP contribution in [-0.2, 0) is 10.0 Å². The van der Waals surface area contributed by atoms with E-state index >= 15 is 0 Å². The van der Waals surface area contributed by atoms with Gasteiger partial charge in [0.15, 0.2) is 0 Å². The quantitative estimate of drug-likeness (QED) is 0.861. The molecule has 0 amide bonds. The van der Waals surface area contributed by atoms with Crippen LogP contribution in [0.1, 0.15) is 6.92 Å². The highest BCUT2D eigenvalue weighted by Gasteiger charge is 2.11. The summed E-state index contributed by atoms with van der Waals surface area (Å²) >= 11 is 3.24. The molecule has 0 aliphatic heterocycles. The molecule has 0 fully saturated rings.